The van der Waals surface area contributed by atoms with Crippen LogP contribution in [-0.2, 0) is 0 Å². The van der Waals surface area contributed by atoms with Crippen LogP contribution >= 0.6 is 0 Å². The SMILES string of the molecule is C=[N+](C)C1=CC(C)c2ccccc2C1C. The molecule has 0 aromatic heterocycles. The molecule has 0 N–H and O–H groups in total. The van der Waals surface area contributed by atoms with E-state index < -0.39 is 0 Å². The maximum absolute atomic E-state index is 3.98. The van der Waals surface area contributed by atoms with Crippen LogP contribution in [-0.4, -0.2) is 18.3 Å². The van der Waals surface area contributed by atoms with Gasteiger partial charge < -0.3 is 0 Å². The van der Waals surface area contributed by atoms with Crippen LogP contribution in [0.4, 0.5) is 0 Å². The fourth-order valence-corrected chi connectivity index (χ4v) is 2.43. The lowest BCUT2D eigenvalue weighted by molar-refractivity contribution is -0.439. The molecule has 1 heteroatoms. The second kappa shape index (κ2) is 3.65. The standard InChI is InChI=1S/C14H18N/c1-10-9-14(15(3)4)11(2)13-8-6-5-7-12(10)13/h5-11H,3H2,1-2,4H3/q+1. The topological polar surface area (TPSA) is 3.01 Å². The van der Waals surface area contributed by atoms with Crippen molar-refractivity contribution in [2.45, 2.75) is 25.7 Å². The fraction of sp³-hybridized carbons (Fsp3) is 0.357. The fourth-order valence-electron chi connectivity index (χ4n) is 2.43. The lowest BCUT2D eigenvalue weighted by atomic mass is 9.81. The van der Waals surface area contributed by atoms with Crippen LogP contribution in [0.2, 0.25) is 0 Å². The second-order valence-corrected chi connectivity index (χ2v) is 4.43. The summed E-state index contributed by atoms with van der Waals surface area (Å²) in [7, 11) is 2.02. The van der Waals surface area contributed by atoms with Gasteiger partial charge in [-0.25, -0.2) is 4.58 Å². The second-order valence-electron chi connectivity index (χ2n) is 4.43. The molecule has 0 saturated heterocycles. The molecule has 2 atom stereocenters. The zero-order chi connectivity index (χ0) is 11.0. The van der Waals surface area contributed by atoms with E-state index in [-0.39, 0.29) is 0 Å². The van der Waals surface area contributed by atoms with Crippen molar-refractivity contribution in [1.29, 1.82) is 0 Å². The molecule has 0 heterocycles. The van der Waals surface area contributed by atoms with Crippen molar-refractivity contribution < 1.29 is 4.58 Å². The summed E-state index contributed by atoms with van der Waals surface area (Å²) < 4.78 is 1.98. The third-order valence-electron chi connectivity index (χ3n) is 3.26. The van der Waals surface area contributed by atoms with E-state index in [9.17, 15) is 0 Å². The van der Waals surface area contributed by atoms with E-state index in [0.717, 1.165) is 0 Å². The summed E-state index contributed by atoms with van der Waals surface area (Å²) in [5.74, 6) is 0.955. The van der Waals surface area contributed by atoms with E-state index in [1.807, 2.05) is 11.6 Å². The minimum absolute atomic E-state index is 0.458. The molecular weight excluding hydrogens is 182 g/mol. The average molecular weight is 200 g/mol. The summed E-state index contributed by atoms with van der Waals surface area (Å²) in [5, 5.41) is 0. The van der Waals surface area contributed by atoms with Crippen LogP contribution in [0.3, 0.4) is 0 Å². The van der Waals surface area contributed by atoms with Gasteiger partial charge in [0.1, 0.15) is 13.8 Å². The van der Waals surface area contributed by atoms with Crippen LogP contribution in [0, 0.1) is 0 Å². The largest absolute Gasteiger partial charge is 0.211 e. The number of nitrogens with zero attached hydrogens (tertiary/aromatic N) is 1. The molecule has 0 aliphatic heterocycles. The smallest absolute Gasteiger partial charge is 0.184 e. The van der Waals surface area contributed by atoms with Crippen molar-refractivity contribution in [2.24, 2.45) is 0 Å². The molecule has 0 spiro atoms. The molecule has 1 nitrogen and oxygen atoms in total. The molecule has 2 unspecified atom stereocenters. The van der Waals surface area contributed by atoms with Gasteiger partial charge in [0.2, 0.25) is 0 Å². The minimum atomic E-state index is 0.458. The Kier molecular flexibility index (Phi) is 2.47. The van der Waals surface area contributed by atoms with Gasteiger partial charge in [-0.3, -0.25) is 0 Å². The van der Waals surface area contributed by atoms with Gasteiger partial charge in [-0.15, -0.1) is 0 Å². The van der Waals surface area contributed by atoms with Gasteiger partial charge in [-0.2, -0.15) is 0 Å². The van der Waals surface area contributed by atoms with E-state index in [1.54, 1.807) is 0 Å². The summed E-state index contributed by atoms with van der Waals surface area (Å²) in [6.45, 7) is 8.48. The Hall–Kier alpha value is -1.37. The first-order chi connectivity index (χ1) is 7.11. The van der Waals surface area contributed by atoms with Crippen LogP contribution in [0.15, 0.2) is 36.0 Å². The first-order valence-corrected chi connectivity index (χ1v) is 5.46. The Bertz CT molecular complexity index is 429. The summed E-state index contributed by atoms with van der Waals surface area (Å²) in [4.78, 5) is 0. The summed E-state index contributed by atoms with van der Waals surface area (Å²) in [6.07, 6.45) is 2.32. The highest BCUT2D eigenvalue weighted by Gasteiger charge is 2.27. The molecule has 0 fully saturated rings. The van der Waals surface area contributed by atoms with Crippen molar-refractivity contribution in [3.63, 3.8) is 0 Å². The lowest BCUT2D eigenvalue weighted by Gasteiger charge is -2.24. The molecule has 1 aromatic carbocycles. The molecule has 0 radical (unpaired) electrons. The number of benzene rings is 1. The van der Waals surface area contributed by atoms with E-state index in [2.05, 4.69) is 50.9 Å². The van der Waals surface area contributed by atoms with Crippen LogP contribution in [0.25, 0.3) is 0 Å². The van der Waals surface area contributed by atoms with Gasteiger partial charge in [-0.1, -0.05) is 31.2 Å². The van der Waals surface area contributed by atoms with E-state index in [0.29, 0.717) is 11.8 Å². The lowest BCUT2D eigenvalue weighted by Crippen LogP contribution is -2.17. The summed E-state index contributed by atoms with van der Waals surface area (Å²) in [6, 6.07) is 8.70. The summed E-state index contributed by atoms with van der Waals surface area (Å²) >= 11 is 0. The number of likely N-dealkylation sites (N-methyl/N-ethyl adjacent to an activating group) is 1. The quantitative estimate of drug-likeness (QED) is 0.484. The van der Waals surface area contributed by atoms with Gasteiger partial charge in [0.05, 0.1) is 5.92 Å². The Balaban J connectivity index is 2.53. The Morgan fingerprint density at radius 3 is 2.33 bits per heavy atom. The number of rotatable bonds is 1. The maximum atomic E-state index is 3.98. The van der Waals surface area contributed by atoms with Gasteiger partial charge in [0, 0.05) is 5.92 Å². The predicted molar refractivity (Wildman–Crippen MR) is 64.7 cm³/mol. The molecule has 0 saturated carbocycles. The van der Waals surface area contributed by atoms with E-state index in [1.165, 1.54) is 16.8 Å². The van der Waals surface area contributed by atoms with Gasteiger partial charge in [0.25, 0.3) is 0 Å². The molecule has 1 aliphatic rings. The number of fused-ring (bicyclic) bond motifs is 1. The average Bonchev–Trinajstić information content (AvgIpc) is 2.23. The van der Waals surface area contributed by atoms with Crippen molar-refractivity contribution in [3.05, 3.63) is 47.2 Å². The minimum Gasteiger partial charge on any atom is -0.211 e. The Morgan fingerprint density at radius 1 is 1.13 bits per heavy atom. The molecule has 1 aliphatic carbocycles. The van der Waals surface area contributed by atoms with Crippen molar-refractivity contribution in [1.82, 2.24) is 0 Å². The molecule has 2 rings (SSSR count). The number of hydrogen-bond donors (Lipinski definition) is 0. The molecule has 15 heavy (non-hydrogen) atoms. The van der Waals surface area contributed by atoms with Crippen LogP contribution in [0.1, 0.15) is 36.8 Å². The molecule has 0 bridgehead atoms. The number of allylic oxidation sites excluding steroid dienone is 2. The molecule has 78 valence electrons. The third-order valence-corrected chi connectivity index (χ3v) is 3.26. The van der Waals surface area contributed by atoms with Crippen LogP contribution in [0.5, 0.6) is 0 Å². The summed E-state index contributed by atoms with van der Waals surface area (Å²) in [5.41, 5.74) is 4.22. The van der Waals surface area contributed by atoms with Crippen LogP contribution < -0.4 is 0 Å². The molecular formula is C14H18N+. The Morgan fingerprint density at radius 2 is 1.73 bits per heavy atom. The van der Waals surface area contributed by atoms with E-state index in [4.69, 9.17) is 0 Å². The molecule has 1 aromatic rings. The normalized spacial score (nSPS) is 24.3. The first-order valence-electron chi connectivity index (χ1n) is 5.46. The zero-order valence-electron chi connectivity index (χ0n) is 9.70. The zero-order valence-corrected chi connectivity index (χ0v) is 9.70. The highest BCUT2D eigenvalue weighted by molar-refractivity contribution is 5.42. The Labute approximate surface area is 91.8 Å². The first kappa shape index (κ1) is 10.2. The van der Waals surface area contributed by atoms with Gasteiger partial charge in [-0.05, 0) is 24.1 Å². The highest BCUT2D eigenvalue weighted by Crippen LogP contribution is 2.37. The monoisotopic (exact) mass is 200 g/mol. The van der Waals surface area contributed by atoms with Crippen molar-refractivity contribution >= 4 is 6.72 Å². The van der Waals surface area contributed by atoms with E-state index >= 15 is 0 Å². The third kappa shape index (κ3) is 1.63. The van der Waals surface area contributed by atoms with Crippen molar-refractivity contribution in [3.8, 4) is 0 Å². The highest BCUT2D eigenvalue weighted by atomic mass is 15.0. The maximum Gasteiger partial charge on any atom is 0.184 e. The van der Waals surface area contributed by atoms with Gasteiger partial charge in [0.15, 0.2) is 5.70 Å². The predicted octanol–water partition coefficient (Wildman–Crippen LogP) is 3.13. The van der Waals surface area contributed by atoms with Gasteiger partial charge >= 0.3 is 0 Å². The number of hydrogen-bond acceptors (Lipinski definition) is 0. The van der Waals surface area contributed by atoms with Crippen molar-refractivity contribution in [2.75, 3.05) is 7.05 Å². The molecule has 0 amide bonds.